The number of nitrogens with zero attached hydrogens (tertiary/aromatic N) is 2. The molecule has 3 heteroatoms. The predicted octanol–water partition coefficient (Wildman–Crippen LogP) is 1.39. The van der Waals surface area contributed by atoms with Crippen molar-refractivity contribution < 1.29 is 4.79 Å². The van der Waals surface area contributed by atoms with Crippen LogP contribution in [0.5, 0.6) is 0 Å². The molecule has 13 heavy (non-hydrogen) atoms. The molecular weight excluding hydrogens is 164 g/mol. The first-order valence-electron chi connectivity index (χ1n) is 4.50. The molecule has 0 radical (unpaired) electrons. The molecular formula is C10H12N2O. The maximum Gasteiger partial charge on any atom is 0.136 e. The third-order valence-electron chi connectivity index (χ3n) is 2.72. The molecule has 0 aliphatic heterocycles. The zero-order valence-corrected chi connectivity index (χ0v) is 7.66. The lowest BCUT2D eigenvalue weighted by molar-refractivity contribution is -0.122. The first kappa shape index (κ1) is 8.35. The molecule has 0 saturated heterocycles. The second-order valence-corrected chi connectivity index (χ2v) is 3.68. The van der Waals surface area contributed by atoms with E-state index in [4.69, 9.17) is 0 Å². The number of aromatic nitrogens is 2. The van der Waals surface area contributed by atoms with Gasteiger partial charge in [0.25, 0.3) is 0 Å². The highest BCUT2D eigenvalue weighted by atomic mass is 16.1. The zero-order chi connectivity index (χ0) is 9.31. The standard InChI is InChI=1S/C10H12N2O/c1-8(13)10(3-4-10)7-9-11-5-2-6-12-9/h2,5-6H,3-4,7H2,1H3. The van der Waals surface area contributed by atoms with E-state index in [1.807, 2.05) is 0 Å². The minimum atomic E-state index is -0.110. The summed E-state index contributed by atoms with van der Waals surface area (Å²) in [7, 11) is 0. The van der Waals surface area contributed by atoms with Gasteiger partial charge in [-0.2, -0.15) is 0 Å². The van der Waals surface area contributed by atoms with Crippen LogP contribution in [-0.4, -0.2) is 15.8 Å². The molecule has 68 valence electrons. The molecule has 0 aromatic carbocycles. The molecule has 1 aliphatic rings. The number of Topliss-reactive ketones (excluding diaryl/α,β-unsaturated/α-hetero) is 1. The fourth-order valence-corrected chi connectivity index (χ4v) is 1.53. The van der Waals surface area contributed by atoms with E-state index in [-0.39, 0.29) is 11.2 Å². The van der Waals surface area contributed by atoms with Crippen LogP contribution in [0.4, 0.5) is 0 Å². The smallest absolute Gasteiger partial charge is 0.136 e. The Kier molecular flexibility index (Phi) is 1.87. The van der Waals surface area contributed by atoms with Gasteiger partial charge in [0.05, 0.1) is 0 Å². The maximum atomic E-state index is 11.3. The first-order chi connectivity index (χ1) is 6.23. The van der Waals surface area contributed by atoms with Gasteiger partial charge in [0.2, 0.25) is 0 Å². The van der Waals surface area contributed by atoms with Crippen molar-refractivity contribution in [3.63, 3.8) is 0 Å². The van der Waals surface area contributed by atoms with Crippen LogP contribution < -0.4 is 0 Å². The number of ketones is 1. The lowest BCUT2D eigenvalue weighted by atomic mass is 9.97. The van der Waals surface area contributed by atoms with E-state index in [1.54, 1.807) is 25.4 Å². The van der Waals surface area contributed by atoms with Crippen LogP contribution in [0.3, 0.4) is 0 Å². The van der Waals surface area contributed by atoms with Crippen LogP contribution in [0, 0.1) is 5.41 Å². The molecule has 1 fully saturated rings. The summed E-state index contributed by atoms with van der Waals surface area (Å²) in [6.07, 6.45) is 6.15. The van der Waals surface area contributed by atoms with E-state index < -0.39 is 0 Å². The molecule has 3 nitrogen and oxygen atoms in total. The number of carbonyl (C=O) groups is 1. The highest BCUT2D eigenvalue weighted by Crippen LogP contribution is 2.48. The van der Waals surface area contributed by atoms with Crippen molar-refractivity contribution in [2.24, 2.45) is 5.41 Å². The third kappa shape index (κ3) is 1.59. The average Bonchev–Trinajstić information content (AvgIpc) is 2.87. The Morgan fingerprint density at radius 1 is 1.46 bits per heavy atom. The van der Waals surface area contributed by atoms with Gasteiger partial charge in [0.15, 0.2) is 0 Å². The molecule has 0 atom stereocenters. The molecule has 1 heterocycles. The molecule has 0 N–H and O–H groups in total. The fraction of sp³-hybridized carbons (Fsp3) is 0.500. The van der Waals surface area contributed by atoms with Crippen LogP contribution in [0.1, 0.15) is 25.6 Å². The SMILES string of the molecule is CC(=O)C1(Cc2ncccn2)CC1. The van der Waals surface area contributed by atoms with E-state index in [2.05, 4.69) is 9.97 Å². The number of carbonyl (C=O) groups excluding carboxylic acids is 1. The van der Waals surface area contributed by atoms with Gasteiger partial charge < -0.3 is 0 Å². The van der Waals surface area contributed by atoms with Crippen LogP contribution in [0.25, 0.3) is 0 Å². The second kappa shape index (κ2) is 2.91. The summed E-state index contributed by atoms with van der Waals surface area (Å²) in [5.74, 6) is 1.06. The van der Waals surface area contributed by atoms with Gasteiger partial charge in [-0.15, -0.1) is 0 Å². The van der Waals surface area contributed by atoms with E-state index in [0.29, 0.717) is 6.42 Å². The van der Waals surface area contributed by atoms with Crippen molar-refractivity contribution in [3.8, 4) is 0 Å². The van der Waals surface area contributed by atoms with Crippen LogP contribution >= 0.6 is 0 Å². The van der Waals surface area contributed by atoms with Crippen LogP contribution in [0.2, 0.25) is 0 Å². The van der Waals surface area contributed by atoms with Crippen molar-refractivity contribution >= 4 is 5.78 Å². The van der Waals surface area contributed by atoms with Crippen molar-refractivity contribution in [2.75, 3.05) is 0 Å². The summed E-state index contributed by atoms with van der Waals surface area (Å²) >= 11 is 0. The zero-order valence-electron chi connectivity index (χ0n) is 7.66. The fourth-order valence-electron chi connectivity index (χ4n) is 1.53. The van der Waals surface area contributed by atoms with Crippen LogP contribution in [-0.2, 0) is 11.2 Å². The van der Waals surface area contributed by atoms with E-state index >= 15 is 0 Å². The monoisotopic (exact) mass is 176 g/mol. The van der Waals surface area contributed by atoms with Gasteiger partial charge in [-0.25, -0.2) is 9.97 Å². The molecule has 0 unspecified atom stereocenters. The van der Waals surface area contributed by atoms with Gasteiger partial charge in [-0.05, 0) is 25.8 Å². The van der Waals surface area contributed by atoms with Gasteiger partial charge >= 0.3 is 0 Å². The average molecular weight is 176 g/mol. The summed E-state index contributed by atoms with van der Waals surface area (Å²) in [5, 5.41) is 0. The summed E-state index contributed by atoms with van der Waals surface area (Å²) in [6.45, 7) is 1.66. The Balaban J connectivity index is 2.11. The van der Waals surface area contributed by atoms with Gasteiger partial charge in [-0.1, -0.05) is 0 Å². The van der Waals surface area contributed by atoms with Gasteiger partial charge in [0, 0.05) is 24.2 Å². The highest BCUT2D eigenvalue weighted by Gasteiger charge is 2.47. The molecule has 2 rings (SSSR count). The summed E-state index contributed by atoms with van der Waals surface area (Å²) in [6, 6.07) is 1.79. The van der Waals surface area contributed by atoms with Crippen LogP contribution in [0.15, 0.2) is 18.5 Å². The maximum absolute atomic E-state index is 11.3. The van der Waals surface area contributed by atoms with Gasteiger partial charge in [0.1, 0.15) is 11.6 Å². The normalized spacial score (nSPS) is 18.2. The summed E-state index contributed by atoms with van der Waals surface area (Å²) < 4.78 is 0. The predicted molar refractivity (Wildman–Crippen MR) is 48.1 cm³/mol. The molecule has 1 saturated carbocycles. The number of hydrogen-bond donors (Lipinski definition) is 0. The Hall–Kier alpha value is -1.25. The van der Waals surface area contributed by atoms with Crippen molar-refractivity contribution in [1.29, 1.82) is 0 Å². The van der Waals surface area contributed by atoms with E-state index in [0.717, 1.165) is 18.7 Å². The minimum absolute atomic E-state index is 0.110. The number of rotatable bonds is 3. The quantitative estimate of drug-likeness (QED) is 0.699. The van der Waals surface area contributed by atoms with Crippen molar-refractivity contribution in [1.82, 2.24) is 9.97 Å². The molecule has 1 aliphatic carbocycles. The third-order valence-corrected chi connectivity index (χ3v) is 2.72. The van der Waals surface area contributed by atoms with E-state index in [1.165, 1.54) is 0 Å². The van der Waals surface area contributed by atoms with Crippen molar-refractivity contribution in [2.45, 2.75) is 26.2 Å². The Morgan fingerprint density at radius 2 is 2.08 bits per heavy atom. The molecule has 1 aromatic rings. The Morgan fingerprint density at radius 3 is 2.54 bits per heavy atom. The summed E-state index contributed by atoms with van der Waals surface area (Å²) in [4.78, 5) is 19.5. The van der Waals surface area contributed by atoms with Gasteiger partial charge in [-0.3, -0.25) is 4.79 Å². The first-order valence-corrected chi connectivity index (χ1v) is 4.50. The second-order valence-electron chi connectivity index (χ2n) is 3.68. The molecule has 0 amide bonds. The minimum Gasteiger partial charge on any atom is -0.299 e. The lowest BCUT2D eigenvalue weighted by Crippen LogP contribution is -2.16. The lowest BCUT2D eigenvalue weighted by Gasteiger charge is -2.08. The summed E-state index contributed by atoms with van der Waals surface area (Å²) in [5.41, 5.74) is -0.110. The number of hydrogen-bond acceptors (Lipinski definition) is 3. The molecule has 1 aromatic heterocycles. The highest BCUT2D eigenvalue weighted by molar-refractivity contribution is 5.85. The molecule has 0 bridgehead atoms. The largest absolute Gasteiger partial charge is 0.299 e. The van der Waals surface area contributed by atoms with Crippen molar-refractivity contribution in [3.05, 3.63) is 24.3 Å². The Labute approximate surface area is 77.2 Å². The Bertz CT molecular complexity index is 317. The topological polar surface area (TPSA) is 42.9 Å². The van der Waals surface area contributed by atoms with E-state index in [9.17, 15) is 4.79 Å². The molecule has 0 spiro atoms.